The topological polar surface area (TPSA) is 38.9 Å². The molecule has 11 heavy (non-hydrogen) atoms. The van der Waals surface area contributed by atoms with Crippen molar-refractivity contribution in [3.63, 3.8) is 0 Å². The van der Waals surface area contributed by atoms with Gasteiger partial charge in [0.15, 0.2) is 0 Å². The second kappa shape index (κ2) is 2.54. The normalized spacial score (nSPS) is 9.82. The quantitative estimate of drug-likeness (QED) is 0.610. The molecule has 0 amide bonds. The predicted molar refractivity (Wildman–Crippen MR) is 38.6 cm³/mol. The molecule has 0 bridgehead atoms. The lowest BCUT2D eigenvalue weighted by molar-refractivity contribution is 0.308. The maximum Gasteiger partial charge on any atom is 0.135 e. The van der Waals surface area contributed by atoms with E-state index < -0.39 is 0 Å². The standard InChI is InChI=1S/C8H5N2O/c1-2-4-7(5-3-1)8-6-9-11-10-8/h1-2,4-6H. The van der Waals surface area contributed by atoms with Crippen LogP contribution in [-0.4, -0.2) is 10.3 Å². The molecule has 0 saturated carbocycles. The molecule has 0 spiro atoms. The van der Waals surface area contributed by atoms with Crippen LogP contribution in [0, 0.1) is 6.07 Å². The van der Waals surface area contributed by atoms with E-state index in [1.54, 1.807) is 6.20 Å². The molecule has 0 aliphatic carbocycles. The molecule has 0 aliphatic heterocycles. The Hall–Kier alpha value is -1.64. The Balaban J connectivity index is 2.46. The van der Waals surface area contributed by atoms with Crippen LogP contribution in [0.3, 0.4) is 0 Å². The van der Waals surface area contributed by atoms with Gasteiger partial charge < -0.3 is 0 Å². The predicted octanol–water partition coefficient (Wildman–Crippen LogP) is 1.54. The van der Waals surface area contributed by atoms with Crippen LogP contribution >= 0.6 is 0 Å². The third-order valence-corrected chi connectivity index (χ3v) is 1.36. The summed E-state index contributed by atoms with van der Waals surface area (Å²) >= 11 is 0. The van der Waals surface area contributed by atoms with Crippen LogP contribution in [0.25, 0.3) is 11.3 Å². The molecule has 0 saturated heterocycles. The number of hydrogen-bond acceptors (Lipinski definition) is 3. The van der Waals surface area contributed by atoms with E-state index in [-0.39, 0.29) is 0 Å². The van der Waals surface area contributed by atoms with Gasteiger partial charge in [0.25, 0.3) is 0 Å². The lowest BCUT2D eigenvalue weighted by atomic mass is 10.2. The molecule has 2 aromatic rings. The number of hydrogen-bond donors (Lipinski definition) is 0. The Bertz CT molecular complexity index is 315. The summed E-state index contributed by atoms with van der Waals surface area (Å²) < 4.78 is 4.46. The van der Waals surface area contributed by atoms with E-state index in [2.05, 4.69) is 21.0 Å². The molecule has 0 unspecified atom stereocenters. The van der Waals surface area contributed by atoms with Crippen LogP contribution in [-0.2, 0) is 0 Å². The molecule has 0 fully saturated rings. The van der Waals surface area contributed by atoms with Gasteiger partial charge in [-0.25, -0.2) is 4.63 Å². The minimum Gasteiger partial charge on any atom is -0.244 e. The maximum atomic E-state index is 4.46. The molecular weight excluding hydrogens is 140 g/mol. The van der Waals surface area contributed by atoms with Crippen molar-refractivity contribution >= 4 is 0 Å². The molecule has 1 radical (unpaired) electrons. The number of rotatable bonds is 1. The van der Waals surface area contributed by atoms with Gasteiger partial charge in [0.2, 0.25) is 0 Å². The maximum absolute atomic E-state index is 4.46. The minimum atomic E-state index is 0.738. The summed E-state index contributed by atoms with van der Waals surface area (Å²) in [4.78, 5) is 0. The molecule has 1 aromatic heterocycles. The summed E-state index contributed by atoms with van der Waals surface area (Å²) in [5.41, 5.74) is 1.70. The van der Waals surface area contributed by atoms with Crippen molar-refractivity contribution < 1.29 is 4.63 Å². The van der Waals surface area contributed by atoms with E-state index in [4.69, 9.17) is 0 Å². The van der Waals surface area contributed by atoms with Crippen LogP contribution in [0.2, 0.25) is 0 Å². The Morgan fingerprint density at radius 1 is 1.45 bits per heavy atom. The van der Waals surface area contributed by atoms with Gasteiger partial charge in [-0.3, -0.25) is 0 Å². The SMILES string of the molecule is [c]1cccc(-c2cnon2)c1. The van der Waals surface area contributed by atoms with Crippen LogP contribution in [0.4, 0.5) is 0 Å². The molecular formula is C8H5N2O. The zero-order valence-corrected chi connectivity index (χ0v) is 5.69. The fourth-order valence-corrected chi connectivity index (χ4v) is 0.845. The summed E-state index contributed by atoms with van der Waals surface area (Å²) in [6.45, 7) is 0. The van der Waals surface area contributed by atoms with Gasteiger partial charge in [-0.05, 0) is 17.3 Å². The van der Waals surface area contributed by atoms with Crippen LogP contribution < -0.4 is 0 Å². The van der Waals surface area contributed by atoms with E-state index >= 15 is 0 Å². The van der Waals surface area contributed by atoms with Gasteiger partial charge in [-0.15, -0.1) is 0 Å². The first-order chi connectivity index (χ1) is 5.47. The van der Waals surface area contributed by atoms with Crippen molar-refractivity contribution in [2.24, 2.45) is 0 Å². The highest BCUT2D eigenvalue weighted by Crippen LogP contribution is 2.13. The average molecular weight is 145 g/mol. The fourth-order valence-electron chi connectivity index (χ4n) is 0.845. The number of nitrogens with zero attached hydrogens (tertiary/aromatic N) is 2. The van der Waals surface area contributed by atoms with Crippen molar-refractivity contribution in [2.45, 2.75) is 0 Å². The second-order valence-corrected chi connectivity index (χ2v) is 2.08. The van der Waals surface area contributed by atoms with Gasteiger partial charge in [-0.2, -0.15) is 0 Å². The molecule has 0 N–H and O–H groups in total. The van der Waals surface area contributed by atoms with Gasteiger partial charge in [0.1, 0.15) is 5.69 Å². The molecule has 0 aliphatic rings. The van der Waals surface area contributed by atoms with Gasteiger partial charge in [-0.1, -0.05) is 23.4 Å². The smallest absolute Gasteiger partial charge is 0.135 e. The first-order valence-electron chi connectivity index (χ1n) is 3.21. The average Bonchev–Trinajstić information content (AvgIpc) is 2.58. The molecule has 3 nitrogen and oxygen atoms in total. The third-order valence-electron chi connectivity index (χ3n) is 1.36. The van der Waals surface area contributed by atoms with E-state index in [0.29, 0.717) is 0 Å². The van der Waals surface area contributed by atoms with Crippen LogP contribution in [0.1, 0.15) is 0 Å². The molecule has 0 atom stereocenters. The molecule has 3 heteroatoms. The summed E-state index contributed by atoms with van der Waals surface area (Å²) in [5, 5.41) is 7.18. The van der Waals surface area contributed by atoms with Crippen LogP contribution in [0.5, 0.6) is 0 Å². The van der Waals surface area contributed by atoms with Crippen molar-refractivity contribution in [3.05, 3.63) is 36.5 Å². The Morgan fingerprint density at radius 2 is 2.45 bits per heavy atom. The van der Waals surface area contributed by atoms with E-state index in [0.717, 1.165) is 11.3 Å². The first-order valence-corrected chi connectivity index (χ1v) is 3.21. The Kier molecular flexibility index (Phi) is 1.41. The van der Waals surface area contributed by atoms with Crippen molar-refractivity contribution in [1.82, 2.24) is 10.3 Å². The highest BCUT2D eigenvalue weighted by molar-refractivity contribution is 5.56. The van der Waals surface area contributed by atoms with Gasteiger partial charge in [0.05, 0.1) is 6.20 Å². The molecule has 1 heterocycles. The van der Waals surface area contributed by atoms with Crippen molar-refractivity contribution in [3.8, 4) is 11.3 Å². The molecule has 53 valence electrons. The molecule has 2 rings (SSSR count). The van der Waals surface area contributed by atoms with E-state index in [1.807, 2.05) is 24.3 Å². The third kappa shape index (κ3) is 1.12. The Labute approximate surface area is 63.6 Å². The summed E-state index contributed by atoms with van der Waals surface area (Å²) in [5.74, 6) is 0. The highest BCUT2D eigenvalue weighted by atomic mass is 16.6. The zero-order valence-electron chi connectivity index (χ0n) is 5.69. The van der Waals surface area contributed by atoms with Crippen LogP contribution in [0.15, 0.2) is 35.1 Å². The number of benzene rings is 1. The van der Waals surface area contributed by atoms with Gasteiger partial charge >= 0.3 is 0 Å². The highest BCUT2D eigenvalue weighted by Gasteiger charge is 1.98. The molecule has 1 aromatic carbocycles. The van der Waals surface area contributed by atoms with Gasteiger partial charge in [0, 0.05) is 5.56 Å². The lowest BCUT2D eigenvalue weighted by Gasteiger charge is -1.89. The zero-order chi connectivity index (χ0) is 7.52. The van der Waals surface area contributed by atoms with E-state index in [9.17, 15) is 0 Å². The van der Waals surface area contributed by atoms with Crippen molar-refractivity contribution in [2.75, 3.05) is 0 Å². The second-order valence-electron chi connectivity index (χ2n) is 2.08. The van der Waals surface area contributed by atoms with E-state index in [1.165, 1.54) is 0 Å². The number of aromatic nitrogens is 2. The summed E-state index contributed by atoms with van der Waals surface area (Å²) in [6.07, 6.45) is 1.57. The lowest BCUT2D eigenvalue weighted by Crippen LogP contribution is -1.73. The Morgan fingerprint density at radius 3 is 3.09 bits per heavy atom. The monoisotopic (exact) mass is 145 g/mol. The summed E-state index contributed by atoms with van der Waals surface area (Å²) in [6, 6.07) is 10.4. The summed E-state index contributed by atoms with van der Waals surface area (Å²) in [7, 11) is 0. The van der Waals surface area contributed by atoms with Crippen molar-refractivity contribution in [1.29, 1.82) is 0 Å². The largest absolute Gasteiger partial charge is 0.244 e. The fraction of sp³-hybridized carbons (Fsp3) is 0. The minimum absolute atomic E-state index is 0.738. The first kappa shape index (κ1) is 6.09.